The van der Waals surface area contributed by atoms with Crippen LogP contribution in [0.5, 0.6) is 0 Å². The first-order chi connectivity index (χ1) is 12.5. The van der Waals surface area contributed by atoms with Crippen molar-refractivity contribution in [3.8, 4) is 11.1 Å². The molecule has 130 valence electrons. The molecule has 1 N–H and O–H groups in total. The summed E-state index contributed by atoms with van der Waals surface area (Å²) in [6.07, 6.45) is 1.61. The van der Waals surface area contributed by atoms with Crippen LogP contribution in [-0.2, 0) is 0 Å². The van der Waals surface area contributed by atoms with Crippen LogP contribution in [0, 0.1) is 20.8 Å². The van der Waals surface area contributed by atoms with Crippen LogP contribution in [0.4, 0.5) is 11.5 Å². The molecule has 0 unspecified atom stereocenters. The molecule has 0 amide bonds. The molecule has 5 heteroatoms. The SMILES string of the molecule is Cc1ccc(-c2c(C)sc3ncnc(Nc4cccc(Cl)c4)c23)cc1C. The highest BCUT2D eigenvalue weighted by Crippen LogP contribution is 2.41. The zero-order valence-corrected chi connectivity index (χ0v) is 16.4. The molecule has 0 aliphatic rings. The molecule has 0 aliphatic carbocycles. The lowest BCUT2D eigenvalue weighted by molar-refractivity contribution is 1.23. The van der Waals surface area contributed by atoms with E-state index >= 15 is 0 Å². The first kappa shape index (κ1) is 17.0. The molecular formula is C21H18ClN3S. The Morgan fingerprint density at radius 2 is 1.81 bits per heavy atom. The largest absolute Gasteiger partial charge is 0.340 e. The Kier molecular flexibility index (Phi) is 4.39. The Bertz CT molecular complexity index is 1120. The van der Waals surface area contributed by atoms with E-state index in [1.54, 1.807) is 17.7 Å². The number of anilines is 2. The fourth-order valence-electron chi connectivity index (χ4n) is 3.09. The van der Waals surface area contributed by atoms with Crippen LogP contribution >= 0.6 is 22.9 Å². The van der Waals surface area contributed by atoms with Crippen LogP contribution in [0.15, 0.2) is 48.8 Å². The van der Waals surface area contributed by atoms with Crippen molar-refractivity contribution in [1.82, 2.24) is 9.97 Å². The highest BCUT2D eigenvalue weighted by atomic mass is 35.5. The Morgan fingerprint density at radius 1 is 0.962 bits per heavy atom. The van der Waals surface area contributed by atoms with Gasteiger partial charge in [0.25, 0.3) is 0 Å². The van der Waals surface area contributed by atoms with Crippen molar-refractivity contribution in [2.24, 2.45) is 0 Å². The van der Waals surface area contributed by atoms with E-state index in [0.717, 1.165) is 21.7 Å². The van der Waals surface area contributed by atoms with Gasteiger partial charge in [0, 0.05) is 21.2 Å². The highest BCUT2D eigenvalue weighted by Gasteiger charge is 2.17. The van der Waals surface area contributed by atoms with Crippen molar-refractivity contribution in [3.63, 3.8) is 0 Å². The maximum Gasteiger partial charge on any atom is 0.143 e. The van der Waals surface area contributed by atoms with Crippen molar-refractivity contribution in [3.05, 3.63) is 69.8 Å². The lowest BCUT2D eigenvalue weighted by Crippen LogP contribution is -1.96. The number of nitrogens with one attached hydrogen (secondary N) is 1. The van der Waals surface area contributed by atoms with Crippen LogP contribution in [0.25, 0.3) is 21.3 Å². The van der Waals surface area contributed by atoms with Gasteiger partial charge in [0.2, 0.25) is 0 Å². The number of halogens is 1. The van der Waals surface area contributed by atoms with Gasteiger partial charge in [-0.25, -0.2) is 9.97 Å². The molecule has 0 radical (unpaired) electrons. The van der Waals surface area contributed by atoms with E-state index in [1.165, 1.54) is 27.1 Å². The highest BCUT2D eigenvalue weighted by molar-refractivity contribution is 7.19. The van der Waals surface area contributed by atoms with Crippen LogP contribution in [0.3, 0.4) is 0 Å². The molecular weight excluding hydrogens is 362 g/mol. The number of benzene rings is 2. The Labute approximate surface area is 161 Å². The zero-order valence-electron chi connectivity index (χ0n) is 14.8. The van der Waals surface area contributed by atoms with E-state index in [0.29, 0.717) is 5.02 Å². The van der Waals surface area contributed by atoms with Gasteiger partial charge in [0.15, 0.2) is 0 Å². The summed E-state index contributed by atoms with van der Waals surface area (Å²) in [5.41, 5.74) is 5.87. The van der Waals surface area contributed by atoms with Crippen molar-refractivity contribution >= 4 is 44.7 Å². The number of hydrogen-bond donors (Lipinski definition) is 1. The summed E-state index contributed by atoms with van der Waals surface area (Å²) in [4.78, 5) is 11.2. The second-order valence-corrected chi connectivity index (χ2v) is 8.01. The molecule has 2 aromatic carbocycles. The minimum absolute atomic E-state index is 0.691. The fraction of sp³-hybridized carbons (Fsp3) is 0.143. The first-order valence-electron chi connectivity index (χ1n) is 8.37. The molecule has 4 aromatic rings. The fourth-order valence-corrected chi connectivity index (χ4v) is 4.29. The molecule has 3 nitrogen and oxygen atoms in total. The quantitative estimate of drug-likeness (QED) is 0.431. The van der Waals surface area contributed by atoms with E-state index in [1.807, 2.05) is 24.3 Å². The summed E-state index contributed by atoms with van der Waals surface area (Å²) in [6, 6.07) is 14.2. The average molecular weight is 380 g/mol. The zero-order chi connectivity index (χ0) is 18.3. The van der Waals surface area contributed by atoms with Crippen LogP contribution in [0.1, 0.15) is 16.0 Å². The molecule has 2 aromatic heterocycles. The summed E-state index contributed by atoms with van der Waals surface area (Å²) in [6.45, 7) is 6.41. The van der Waals surface area contributed by atoms with E-state index in [4.69, 9.17) is 11.6 Å². The monoisotopic (exact) mass is 379 g/mol. The van der Waals surface area contributed by atoms with Gasteiger partial charge in [-0.05, 0) is 55.7 Å². The minimum atomic E-state index is 0.691. The number of hydrogen-bond acceptors (Lipinski definition) is 4. The Balaban J connectivity index is 1.91. The van der Waals surface area contributed by atoms with Gasteiger partial charge in [-0.1, -0.05) is 35.9 Å². The van der Waals surface area contributed by atoms with Gasteiger partial charge in [-0.2, -0.15) is 0 Å². The summed E-state index contributed by atoms with van der Waals surface area (Å²) in [7, 11) is 0. The van der Waals surface area contributed by atoms with Gasteiger partial charge >= 0.3 is 0 Å². The molecule has 0 atom stereocenters. The van der Waals surface area contributed by atoms with Crippen molar-refractivity contribution < 1.29 is 0 Å². The van der Waals surface area contributed by atoms with Gasteiger partial charge in [-0.15, -0.1) is 11.3 Å². The second kappa shape index (κ2) is 6.71. The first-order valence-corrected chi connectivity index (χ1v) is 9.56. The average Bonchev–Trinajstić information content (AvgIpc) is 2.94. The molecule has 0 saturated heterocycles. The predicted molar refractivity (Wildman–Crippen MR) is 112 cm³/mol. The smallest absolute Gasteiger partial charge is 0.143 e. The number of nitrogens with zero attached hydrogens (tertiary/aromatic N) is 2. The molecule has 0 fully saturated rings. The molecule has 2 heterocycles. The molecule has 0 aliphatic heterocycles. The van der Waals surface area contributed by atoms with Crippen molar-refractivity contribution in [2.45, 2.75) is 20.8 Å². The van der Waals surface area contributed by atoms with E-state index in [2.05, 4.69) is 54.3 Å². The maximum atomic E-state index is 6.12. The lowest BCUT2D eigenvalue weighted by Gasteiger charge is -2.10. The molecule has 0 spiro atoms. The van der Waals surface area contributed by atoms with Crippen LogP contribution in [-0.4, -0.2) is 9.97 Å². The third kappa shape index (κ3) is 3.06. The number of aryl methyl sites for hydroxylation is 3. The number of rotatable bonds is 3. The molecule has 4 rings (SSSR count). The Morgan fingerprint density at radius 3 is 2.58 bits per heavy atom. The summed E-state index contributed by atoms with van der Waals surface area (Å²) >= 11 is 7.82. The third-order valence-corrected chi connectivity index (χ3v) is 5.80. The molecule has 0 saturated carbocycles. The van der Waals surface area contributed by atoms with Gasteiger partial charge in [0.1, 0.15) is 17.0 Å². The standard InChI is InChI=1S/C21H18ClN3S/c1-12-7-8-15(9-13(12)2)18-14(3)26-21-19(18)20(23-11-24-21)25-17-6-4-5-16(22)10-17/h4-11H,1-3H3,(H,23,24,25). The van der Waals surface area contributed by atoms with E-state index in [9.17, 15) is 0 Å². The minimum Gasteiger partial charge on any atom is -0.340 e. The second-order valence-electron chi connectivity index (χ2n) is 6.37. The number of aromatic nitrogens is 2. The summed E-state index contributed by atoms with van der Waals surface area (Å²) < 4.78 is 0. The normalized spacial score (nSPS) is 11.1. The van der Waals surface area contributed by atoms with Crippen molar-refractivity contribution in [1.29, 1.82) is 0 Å². The third-order valence-electron chi connectivity index (χ3n) is 4.55. The summed E-state index contributed by atoms with van der Waals surface area (Å²) in [5.74, 6) is 0.801. The van der Waals surface area contributed by atoms with E-state index in [-0.39, 0.29) is 0 Å². The van der Waals surface area contributed by atoms with E-state index < -0.39 is 0 Å². The van der Waals surface area contributed by atoms with Crippen molar-refractivity contribution in [2.75, 3.05) is 5.32 Å². The van der Waals surface area contributed by atoms with Gasteiger partial charge < -0.3 is 5.32 Å². The lowest BCUT2D eigenvalue weighted by atomic mass is 9.99. The van der Waals surface area contributed by atoms with Gasteiger partial charge in [0.05, 0.1) is 5.39 Å². The topological polar surface area (TPSA) is 37.8 Å². The maximum absolute atomic E-state index is 6.12. The summed E-state index contributed by atoms with van der Waals surface area (Å²) in [5, 5.41) is 5.15. The number of thiophene rings is 1. The number of fused-ring (bicyclic) bond motifs is 1. The van der Waals surface area contributed by atoms with Crippen LogP contribution in [0.2, 0.25) is 5.02 Å². The molecule has 26 heavy (non-hydrogen) atoms. The predicted octanol–water partition coefficient (Wildman–Crippen LogP) is 6.68. The van der Waals surface area contributed by atoms with Gasteiger partial charge in [-0.3, -0.25) is 0 Å². The van der Waals surface area contributed by atoms with Crippen LogP contribution < -0.4 is 5.32 Å². The molecule has 0 bridgehead atoms. The Hall–Kier alpha value is -2.43.